The molecular weight excluding hydrogens is 175 g/mol. The fraction of sp³-hybridized carbons (Fsp3) is 0.167. The van der Waals surface area contributed by atoms with E-state index >= 15 is 0 Å². The van der Waals surface area contributed by atoms with E-state index in [1.165, 1.54) is 21.6 Å². The van der Waals surface area contributed by atoms with E-state index in [0.717, 1.165) is 6.42 Å². The van der Waals surface area contributed by atoms with E-state index in [0.29, 0.717) is 0 Å². The maximum Gasteiger partial charge on any atom is -0.0110 e. The first-order valence-electron chi connectivity index (χ1n) is 4.59. The minimum atomic E-state index is 1.10. The molecule has 0 saturated carbocycles. The number of hydrogen-bond donors (Lipinski definition) is 0. The molecule has 0 fully saturated rings. The molecule has 66 valence electrons. The lowest BCUT2D eigenvalue weighted by atomic mass is 10.1. The van der Waals surface area contributed by atoms with Crippen LogP contribution in [0, 0.1) is 0 Å². The van der Waals surface area contributed by atoms with Crippen LogP contribution in [0.5, 0.6) is 0 Å². The van der Waals surface area contributed by atoms with Crippen LogP contribution in [0.2, 0.25) is 0 Å². The molecule has 1 heteroatoms. The maximum atomic E-state index is 2.85. The van der Waals surface area contributed by atoms with Crippen LogP contribution < -0.4 is 5.30 Å². The summed E-state index contributed by atoms with van der Waals surface area (Å²) >= 11 is 0. The monoisotopic (exact) mass is 188 g/mol. The minimum absolute atomic E-state index is 1.10. The molecule has 0 aromatic heterocycles. The van der Waals surface area contributed by atoms with Gasteiger partial charge < -0.3 is 0 Å². The zero-order chi connectivity index (χ0) is 9.26. The van der Waals surface area contributed by atoms with Gasteiger partial charge in [0.15, 0.2) is 0 Å². The Bertz CT molecular complexity index is 432. The molecule has 0 N–H and O–H groups in total. The Labute approximate surface area is 81.2 Å². The molecule has 0 radical (unpaired) electrons. The van der Waals surface area contributed by atoms with Gasteiger partial charge in [0, 0.05) is 0 Å². The normalized spacial score (nSPS) is 10.6. The van der Waals surface area contributed by atoms with Gasteiger partial charge in [-0.1, -0.05) is 43.3 Å². The summed E-state index contributed by atoms with van der Waals surface area (Å²) in [4.78, 5) is 0. The van der Waals surface area contributed by atoms with E-state index in [1.807, 2.05) is 0 Å². The second-order valence-corrected chi connectivity index (χ2v) is 3.79. The van der Waals surface area contributed by atoms with Gasteiger partial charge in [0.05, 0.1) is 0 Å². The lowest BCUT2D eigenvalue weighted by Gasteiger charge is -2.06. The van der Waals surface area contributed by atoms with Crippen LogP contribution in [0.25, 0.3) is 10.8 Å². The highest BCUT2D eigenvalue weighted by atomic mass is 31.0. The number of hydrogen-bond acceptors (Lipinski definition) is 0. The predicted octanol–water partition coefficient (Wildman–Crippen LogP) is 2.90. The van der Waals surface area contributed by atoms with Gasteiger partial charge in [-0.2, -0.15) is 0 Å². The quantitative estimate of drug-likeness (QED) is 0.603. The third-order valence-electron chi connectivity index (χ3n) is 2.44. The Morgan fingerprint density at radius 2 is 1.85 bits per heavy atom. The minimum Gasteiger partial charge on any atom is -0.105 e. The van der Waals surface area contributed by atoms with E-state index in [9.17, 15) is 0 Å². The van der Waals surface area contributed by atoms with E-state index in [4.69, 9.17) is 0 Å². The van der Waals surface area contributed by atoms with Gasteiger partial charge in [-0.25, -0.2) is 0 Å². The van der Waals surface area contributed by atoms with Crippen molar-refractivity contribution in [2.24, 2.45) is 0 Å². The summed E-state index contributed by atoms with van der Waals surface area (Å²) in [6.45, 7) is 2.19. The van der Waals surface area contributed by atoms with Gasteiger partial charge in [-0.15, -0.1) is 9.24 Å². The van der Waals surface area contributed by atoms with Crippen molar-refractivity contribution in [1.29, 1.82) is 0 Å². The van der Waals surface area contributed by atoms with Crippen molar-refractivity contribution in [1.82, 2.24) is 0 Å². The van der Waals surface area contributed by atoms with Crippen LogP contribution in [0.1, 0.15) is 12.5 Å². The molecule has 0 heterocycles. The predicted molar refractivity (Wildman–Crippen MR) is 62.7 cm³/mol. The number of fused-ring (bicyclic) bond motifs is 1. The average Bonchev–Trinajstić information content (AvgIpc) is 2.19. The van der Waals surface area contributed by atoms with Gasteiger partial charge in [0.1, 0.15) is 0 Å². The lowest BCUT2D eigenvalue weighted by molar-refractivity contribution is 1.16. The first-order chi connectivity index (χ1) is 6.33. The first-order valence-corrected chi connectivity index (χ1v) is 5.16. The Morgan fingerprint density at radius 3 is 2.62 bits per heavy atom. The van der Waals surface area contributed by atoms with E-state index in [-0.39, 0.29) is 0 Å². The molecule has 2 aromatic rings. The molecule has 0 aliphatic rings. The lowest BCUT2D eigenvalue weighted by Crippen LogP contribution is -2.01. The number of benzene rings is 2. The smallest absolute Gasteiger partial charge is 0.0110 e. The Kier molecular flexibility index (Phi) is 2.33. The van der Waals surface area contributed by atoms with Crippen LogP contribution in [0.4, 0.5) is 0 Å². The molecule has 13 heavy (non-hydrogen) atoms. The third kappa shape index (κ3) is 1.47. The van der Waals surface area contributed by atoms with E-state index in [2.05, 4.69) is 52.6 Å². The highest BCUT2D eigenvalue weighted by molar-refractivity contribution is 7.28. The highest BCUT2D eigenvalue weighted by Crippen LogP contribution is 2.16. The second kappa shape index (κ2) is 3.47. The van der Waals surface area contributed by atoms with Crippen LogP contribution in [0.3, 0.4) is 0 Å². The van der Waals surface area contributed by atoms with Gasteiger partial charge >= 0.3 is 0 Å². The van der Waals surface area contributed by atoms with Gasteiger partial charge in [-0.3, -0.25) is 0 Å². The molecule has 0 spiro atoms. The molecule has 0 bridgehead atoms. The van der Waals surface area contributed by atoms with Crippen molar-refractivity contribution in [2.75, 3.05) is 0 Å². The summed E-state index contributed by atoms with van der Waals surface area (Å²) in [5, 5.41) is 4.03. The number of aryl methyl sites for hydroxylation is 1. The van der Waals surface area contributed by atoms with Crippen molar-refractivity contribution < 1.29 is 0 Å². The highest BCUT2D eigenvalue weighted by Gasteiger charge is 2.00. The Balaban J connectivity index is 2.79. The maximum absolute atomic E-state index is 2.85. The van der Waals surface area contributed by atoms with E-state index in [1.54, 1.807) is 0 Å². The molecule has 1 atom stereocenters. The summed E-state index contributed by atoms with van der Waals surface area (Å²) in [7, 11) is 2.85. The summed E-state index contributed by atoms with van der Waals surface area (Å²) in [5.74, 6) is 0. The van der Waals surface area contributed by atoms with Crippen LogP contribution in [-0.2, 0) is 6.42 Å². The summed E-state index contributed by atoms with van der Waals surface area (Å²) in [6, 6.07) is 12.9. The zero-order valence-corrected chi connectivity index (χ0v) is 8.90. The zero-order valence-electron chi connectivity index (χ0n) is 7.75. The molecule has 2 rings (SSSR count). The van der Waals surface area contributed by atoms with Crippen molar-refractivity contribution >= 4 is 25.3 Å². The Hall–Kier alpha value is -0.870. The third-order valence-corrected chi connectivity index (χ3v) is 3.12. The molecule has 1 unspecified atom stereocenters. The van der Waals surface area contributed by atoms with Crippen LogP contribution in [0.15, 0.2) is 36.4 Å². The molecule has 0 saturated heterocycles. The van der Waals surface area contributed by atoms with Crippen molar-refractivity contribution in [3.63, 3.8) is 0 Å². The van der Waals surface area contributed by atoms with E-state index < -0.39 is 0 Å². The Morgan fingerprint density at radius 1 is 1.08 bits per heavy atom. The van der Waals surface area contributed by atoms with Gasteiger partial charge in [-0.05, 0) is 28.1 Å². The first kappa shape index (κ1) is 8.72. The van der Waals surface area contributed by atoms with Crippen molar-refractivity contribution in [3.8, 4) is 0 Å². The van der Waals surface area contributed by atoms with Gasteiger partial charge in [0.25, 0.3) is 0 Å². The molecule has 0 aliphatic heterocycles. The summed E-state index contributed by atoms with van der Waals surface area (Å²) in [6.07, 6.45) is 1.10. The molecule has 0 aliphatic carbocycles. The van der Waals surface area contributed by atoms with Crippen molar-refractivity contribution in [3.05, 3.63) is 42.0 Å². The fourth-order valence-corrected chi connectivity index (χ4v) is 2.21. The van der Waals surface area contributed by atoms with Crippen LogP contribution >= 0.6 is 9.24 Å². The second-order valence-electron chi connectivity index (χ2n) is 3.21. The van der Waals surface area contributed by atoms with Crippen LogP contribution in [-0.4, -0.2) is 0 Å². The van der Waals surface area contributed by atoms with Crippen molar-refractivity contribution in [2.45, 2.75) is 13.3 Å². The summed E-state index contributed by atoms with van der Waals surface area (Å²) < 4.78 is 0. The molecular formula is C12H13P. The SMILES string of the molecule is CCc1ccc2ccccc2c1P. The molecule has 0 nitrogen and oxygen atoms in total. The molecule has 0 amide bonds. The average molecular weight is 188 g/mol. The standard InChI is InChI=1S/C12H13P/c1-2-9-7-8-10-5-3-4-6-11(10)12(9)13/h3-8H,2,13H2,1H3. The largest absolute Gasteiger partial charge is 0.105 e. The topological polar surface area (TPSA) is 0 Å². The summed E-state index contributed by atoms with van der Waals surface area (Å²) in [5.41, 5.74) is 1.42. The molecule has 2 aromatic carbocycles. The number of rotatable bonds is 1. The fourth-order valence-electron chi connectivity index (χ4n) is 1.65. The van der Waals surface area contributed by atoms with Gasteiger partial charge in [0.2, 0.25) is 0 Å².